The Kier molecular flexibility index (Phi) is 9.58. The largest absolute Gasteiger partial charge is 0.310 e. The van der Waals surface area contributed by atoms with Gasteiger partial charge in [-0.1, -0.05) is 206 Å². The lowest BCUT2D eigenvalue weighted by atomic mass is 9.84. The minimum Gasteiger partial charge on any atom is -0.310 e. The molecule has 0 aliphatic carbocycles. The molecule has 0 spiro atoms. The summed E-state index contributed by atoms with van der Waals surface area (Å²) in [5.41, 5.74) is 15.3. The zero-order chi connectivity index (χ0) is 43.1. The lowest BCUT2D eigenvalue weighted by Gasteiger charge is -2.27. The molecule has 0 unspecified atom stereocenters. The molecule has 0 amide bonds. The van der Waals surface area contributed by atoms with Crippen molar-refractivity contribution in [3.05, 3.63) is 261 Å². The van der Waals surface area contributed by atoms with Gasteiger partial charge in [-0.2, -0.15) is 0 Å². The van der Waals surface area contributed by atoms with Crippen molar-refractivity contribution >= 4 is 60.2 Å². The highest BCUT2D eigenvalue weighted by Crippen LogP contribution is 2.46. The summed E-state index contributed by atoms with van der Waals surface area (Å²) in [4.78, 5) is 2.40. The predicted molar refractivity (Wildman–Crippen MR) is 278 cm³/mol. The van der Waals surface area contributed by atoms with Gasteiger partial charge in [0.25, 0.3) is 0 Å². The van der Waals surface area contributed by atoms with Gasteiger partial charge in [-0.15, -0.1) is 0 Å². The normalized spacial score (nSPS) is 11.4. The van der Waals surface area contributed by atoms with Gasteiger partial charge >= 0.3 is 0 Å². The summed E-state index contributed by atoms with van der Waals surface area (Å²) in [6, 6.07) is 95.4. The lowest BCUT2D eigenvalue weighted by Crippen LogP contribution is -2.10. The van der Waals surface area contributed by atoms with Crippen LogP contribution in [-0.4, -0.2) is 0 Å². The molecule has 0 bridgehead atoms. The molecule has 65 heavy (non-hydrogen) atoms. The third-order valence-electron chi connectivity index (χ3n) is 13.0. The standard InChI is InChI=1S/C64H43N/c1-3-17-47(18-4-1)63-61-28-12-11-27-59(61)60-38-35-55(43-62(60)64(63)48-19-5-2-6-20-48)52-24-14-26-58(42-52)65(56-36-33-46(34-37-56)53-31-29-44-15-7-9-21-49(44)39-53)57-25-13-23-51(41-57)54-32-30-45-16-8-10-22-50(45)40-54/h1-43H. The molecule has 0 saturated carbocycles. The number of fused-ring (bicyclic) bond motifs is 5. The Morgan fingerprint density at radius 1 is 0.185 bits per heavy atom. The van der Waals surface area contributed by atoms with Crippen LogP contribution in [0.15, 0.2) is 261 Å². The van der Waals surface area contributed by atoms with Crippen molar-refractivity contribution in [2.75, 3.05) is 4.90 Å². The second-order valence-electron chi connectivity index (χ2n) is 16.9. The van der Waals surface area contributed by atoms with Gasteiger partial charge < -0.3 is 4.90 Å². The van der Waals surface area contributed by atoms with Crippen molar-refractivity contribution in [2.45, 2.75) is 0 Å². The van der Waals surface area contributed by atoms with Crippen LogP contribution in [0, 0.1) is 0 Å². The molecular weight excluding hydrogens is 783 g/mol. The van der Waals surface area contributed by atoms with E-state index in [9.17, 15) is 0 Å². The molecule has 1 nitrogen and oxygen atoms in total. The third kappa shape index (κ3) is 7.10. The van der Waals surface area contributed by atoms with E-state index in [4.69, 9.17) is 0 Å². The molecule has 12 aromatic rings. The minimum atomic E-state index is 1.09. The Morgan fingerprint density at radius 2 is 0.585 bits per heavy atom. The van der Waals surface area contributed by atoms with Crippen LogP contribution in [0.5, 0.6) is 0 Å². The first kappa shape index (κ1) is 38.2. The van der Waals surface area contributed by atoms with Crippen LogP contribution in [0.2, 0.25) is 0 Å². The fraction of sp³-hybridized carbons (Fsp3) is 0. The van der Waals surface area contributed by atoms with Crippen LogP contribution in [0.25, 0.3) is 98.7 Å². The number of hydrogen-bond acceptors (Lipinski definition) is 1. The number of hydrogen-bond donors (Lipinski definition) is 0. The molecule has 0 radical (unpaired) electrons. The highest BCUT2D eigenvalue weighted by atomic mass is 15.1. The quantitative estimate of drug-likeness (QED) is 0.138. The Balaban J connectivity index is 1.02. The van der Waals surface area contributed by atoms with E-state index in [-0.39, 0.29) is 0 Å². The van der Waals surface area contributed by atoms with Crippen molar-refractivity contribution in [3.63, 3.8) is 0 Å². The van der Waals surface area contributed by atoms with Gasteiger partial charge in [0.05, 0.1) is 0 Å². The van der Waals surface area contributed by atoms with E-state index in [0.29, 0.717) is 0 Å². The molecule has 0 aliphatic heterocycles. The molecule has 12 aromatic carbocycles. The van der Waals surface area contributed by atoms with E-state index in [2.05, 4.69) is 266 Å². The first-order valence-corrected chi connectivity index (χ1v) is 22.4. The maximum atomic E-state index is 2.42. The molecular formula is C64H43N. The number of benzene rings is 12. The average Bonchev–Trinajstić information content (AvgIpc) is 3.39. The second-order valence-corrected chi connectivity index (χ2v) is 16.9. The van der Waals surface area contributed by atoms with Gasteiger partial charge in [-0.05, 0) is 153 Å². The van der Waals surface area contributed by atoms with Crippen LogP contribution in [0.3, 0.4) is 0 Å². The predicted octanol–water partition coefficient (Wildman–Crippen LogP) is 18.1. The van der Waals surface area contributed by atoms with Crippen molar-refractivity contribution in [2.24, 2.45) is 0 Å². The molecule has 0 N–H and O–H groups in total. The van der Waals surface area contributed by atoms with Crippen molar-refractivity contribution in [1.82, 2.24) is 0 Å². The summed E-state index contributed by atoms with van der Waals surface area (Å²) in [5, 5.41) is 9.97. The van der Waals surface area contributed by atoms with Crippen molar-refractivity contribution in [1.29, 1.82) is 0 Å². The highest BCUT2D eigenvalue weighted by Gasteiger charge is 2.20. The van der Waals surface area contributed by atoms with Crippen LogP contribution in [-0.2, 0) is 0 Å². The van der Waals surface area contributed by atoms with Crippen molar-refractivity contribution < 1.29 is 0 Å². The first-order valence-electron chi connectivity index (χ1n) is 22.4. The molecule has 304 valence electrons. The zero-order valence-corrected chi connectivity index (χ0v) is 35.8. The van der Waals surface area contributed by atoms with Crippen LogP contribution < -0.4 is 4.90 Å². The average molecular weight is 826 g/mol. The minimum absolute atomic E-state index is 1.09. The first-order chi connectivity index (χ1) is 32.2. The summed E-state index contributed by atoms with van der Waals surface area (Å²) < 4.78 is 0. The zero-order valence-electron chi connectivity index (χ0n) is 35.8. The van der Waals surface area contributed by atoms with E-state index in [1.807, 2.05) is 0 Å². The van der Waals surface area contributed by atoms with Crippen molar-refractivity contribution in [3.8, 4) is 55.6 Å². The molecule has 0 saturated heterocycles. The van der Waals surface area contributed by atoms with Crippen LogP contribution in [0.1, 0.15) is 0 Å². The number of rotatable bonds is 8. The van der Waals surface area contributed by atoms with E-state index in [1.165, 1.54) is 93.2 Å². The fourth-order valence-electron chi connectivity index (χ4n) is 9.82. The van der Waals surface area contributed by atoms with Crippen LogP contribution >= 0.6 is 0 Å². The molecule has 12 rings (SSSR count). The summed E-state index contributed by atoms with van der Waals surface area (Å²) in [6.07, 6.45) is 0. The van der Waals surface area contributed by atoms with Gasteiger partial charge in [-0.25, -0.2) is 0 Å². The second kappa shape index (κ2) is 16.3. The number of anilines is 3. The van der Waals surface area contributed by atoms with E-state index in [0.717, 1.165) is 22.6 Å². The van der Waals surface area contributed by atoms with Crippen LogP contribution in [0.4, 0.5) is 17.1 Å². The van der Waals surface area contributed by atoms with Gasteiger partial charge in [0.2, 0.25) is 0 Å². The monoisotopic (exact) mass is 825 g/mol. The summed E-state index contributed by atoms with van der Waals surface area (Å²) in [7, 11) is 0. The molecule has 0 fully saturated rings. The third-order valence-corrected chi connectivity index (χ3v) is 13.0. The summed E-state index contributed by atoms with van der Waals surface area (Å²) >= 11 is 0. The molecule has 0 aromatic heterocycles. The summed E-state index contributed by atoms with van der Waals surface area (Å²) in [6.45, 7) is 0. The van der Waals surface area contributed by atoms with E-state index >= 15 is 0 Å². The van der Waals surface area contributed by atoms with Gasteiger partial charge in [0.15, 0.2) is 0 Å². The Bertz CT molecular complexity index is 3700. The SMILES string of the molecule is c1ccc(-c2c(-c3ccccc3)c3cc(-c4cccc(N(c5ccc(-c6ccc7ccccc7c6)cc5)c5cccc(-c6ccc7ccccc7c6)c5)c4)ccc3c3ccccc23)cc1. The maximum Gasteiger partial charge on any atom is 0.0467 e. The highest BCUT2D eigenvalue weighted by molar-refractivity contribution is 6.22. The van der Waals surface area contributed by atoms with Gasteiger partial charge in [-0.3, -0.25) is 0 Å². The summed E-state index contributed by atoms with van der Waals surface area (Å²) in [5.74, 6) is 0. The molecule has 1 heteroatoms. The molecule has 0 heterocycles. The smallest absolute Gasteiger partial charge is 0.0467 e. The Labute approximate surface area is 379 Å². The number of nitrogens with zero attached hydrogens (tertiary/aromatic N) is 1. The topological polar surface area (TPSA) is 3.24 Å². The lowest BCUT2D eigenvalue weighted by molar-refractivity contribution is 1.28. The molecule has 0 atom stereocenters. The van der Waals surface area contributed by atoms with E-state index in [1.54, 1.807) is 0 Å². The maximum absolute atomic E-state index is 2.42. The van der Waals surface area contributed by atoms with E-state index < -0.39 is 0 Å². The fourth-order valence-corrected chi connectivity index (χ4v) is 9.82. The molecule has 0 aliphatic rings. The van der Waals surface area contributed by atoms with Gasteiger partial charge in [0.1, 0.15) is 0 Å². The Morgan fingerprint density at radius 3 is 1.17 bits per heavy atom. The van der Waals surface area contributed by atoms with Gasteiger partial charge in [0, 0.05) is 17.1 Å². The Hall–Kier alpha value is -8.52.